The molecule has 7 heteroatoms. The Kier molecular flexibility index (Phi) is 5.67. The zero-order chi connectivity index (χ0) is 15.3. The van der Waals surface area contributed by atoms with E-state index in [0.29, 0.717) is 5.56 Å². The molecule has 6 nitrogen and oxygen atoms in total. The Hall–Kier alpha value is -1.44. The van der Waals surface area contributed by atoms with Gasteiger partial charge in [-0.3, -0.25) is 4.79 Å². The molecule has 112 valence electrons. The smallest absolute Gasteiger partial charge is 0.321 e. The van der Waals surface area contributed by atoms with E-state index in [9.17, 15) is 18.3 Å². The number of aliphatic hydroxyl groups is 1. The van der Waals surface area contributed by atoms with E-state index in [-0.39, 0.29) is 18.0 Å². The van der Waals surface area contributed by atoms with Gasteiger partial charge in [0.25, 0.3) is 0 Å². The standard InChI is InChI=1S/C13H19NO5S/c1-4-19-13(16)9-14(3)20(17,18)12-7-5-11(6-8-12)10(2)15/h5-8,10,15H,4,9H2,1-3H3. The molecule has 1 unspecified atom stereocenters. The molecule has 0 aromatic heterocycles. The van der Waals surface area contributed by atoms with Crippen molar-refractivity contribution in [2.75, 3.05) is 20.2 Å². The predicted molar refractivity (Wildman–Crippen MR) is 73.5 cm³/mol. The SMILES string of the molecule is CCOC(=O)CN(C)S(=O)(=O)c1ccc(C(C)O)cc1. The molecule has 0 aliphatic carbocycles. The Morgan fingerprint density at radius 1 is 1.35 bits per heavy atom. The van der Waals surface area contributed by atoms with Crippen LogP contribution in [0.2, 0.25) is 0 Å². The first-order chi connectivity index (χ1) is 9.28. The third kappa shape index (κ3) is 4.03. The molecule has 0 radical (unpaired) electrons. The Labute approximate surface area is 119 Å². The normalized spacial score (nSPS) is 13.2. The molecule has 1 aromatic rings. The van der Waals surface area contributed by atoms with Gasteiger partial charge in [0.15, 0.2) is 0 Å². The van der Waals surface area contributed by atoms with Gasteiger partial charge in [0, 0.05) is 7.05 Å². The van der Waals surface area contributed by atoms with E-state index in [1.165, 1.54) is 31.3 Å². The van der Waals surface area contributed by atoms with Gasteiger partial charge in [-0.1, -0.05) is 12.1 Å². The molecule has 0 heterocycles. The second kappa shape index (κ2) is 6.83. The average molecular weight is 301 g/mol. The molecule has 1 N–H and O–H groups in total. The molecule has 0 saturated heterocycles. The minimum absolute atomic E-state index is 0.0636. The highest BCUT2D eigenvalue weighted by atomic mass is 32.2. The summed E-state index contributed by atoms with van der Waals surface area (Å²) in [5.41, 5.74) is 0.622. The second-order valence-corrected chi connectivity index (χ2v) is 6.36. The number of esters is 1. The van der Waals surface area contributed by atoms with Crippen molar-refractivity contribution in [3.8, 4) is 0 Å². The molecule has 0 bridgehead atoms. The first-order valence-electron chi connectivity index (χ1n) is 6.19. The van der Waals surface area contributed by atoms with Crippen LogP contribution >= 0.6 is 0 Å². The maximum atomic E-state index is 12.2. The molecular formula is C13H19NO5S. The first-order valence-corrected chi connectivity index (χ1v) is 7.63. The van der Waals surface area contributed by atoms with Crippen LogP contribution < -0.4 is 0 Å². The van der Waals surface area contributed by atoms with E-state index in [1.807, 2.05) is 0 Å². The number of sulfonamides is 1. The van der Waals surface area contributed by atoms with Crippen LogP contribution in [0.5, 0.6) is 0 Å². The maximum Gasteiger partial charge on any atom is 0.321 e. The van der Waals surface area contributed by atoms with Crippen molar-refractivity contribution in [2.45, 2.75) is 24.8 Å². The van der Waals surface area contributed by atoms with Crippen LogP contribution in [0.15, 0.2) is 29.2 Å². The van der Waals surface area contributed by atoms with Gasteiger partial charge >= 0.3 is 5.97 Å². The van der Waals surface area contributed by atoms with Gasteiger partial charge in [-0.05, 0) is 31.5 Å². The molecule has 1 atom stereocenters. The summed E-state index contributed by atoms with van der Waals surface area (Å²) in [6.07, 6.45) is -0.663. The van der Waals surface area contributed by atoms with Crippen molar-refractivity contribution in [3.63, 3.8) is 0 Å². The summed E-state index contributed by atoms with van der Waals surface area (Å²) < 4.78 is 30.1. The van der Waals surface area contributed by atoms with E-state index in [1.54, 1.807) is 13.8 Å². The highest BCUT2D eigenvalue weighted by Gasteiger charge is 2.23. The van der Waals surface area contributed by atoms with Crippen molar-refractivity contribution in [2.24, 2.45) is 0 Å². The minimum atomic E-state index is -3.74. The molecule has 0 amide bonds. The molecule has 0 spiro atoms. The lowest BCUT2D eigenvalue weighted by molar-refractivity contribution is -0.143. The largest absolute Gasteiger partial charge is 0.465 e. The van der Waals surface area contributed by atoms with Crippen LogP contribution in [-0.2, 0) is 19.6 Å². The molecule has 1 aromatic carbocycles. The van der Waals surface area contributed by atoms with E-state index >= 15 is 0 Å². The molecule has 0 fully saturated rings. The third-order valence-electron chi connectivity index (χ3n) is 2.73. The van der Waals surface area contributed by atoms with Gasteiger partial charge in [0.2, 0.25) is 10.0 Å². The van der Waals surface area contributed by atoms with Gasteiger partial charge < -0.3 is 9.84 Å². The van der Waals surface area contributed by atoms with Crippen LogP contribution in [-0.4, -0.2) is 44.0 Å². The van der Waals surface area contributed by atoms with Gasteiger partial charge in [0.1, 0.15) is 6.54 Å². The number of rotatable bonds is 6. The molecule has 20 heavy (non-hydrogen) atoms. The third-order valence-corrected chi connectivity index (χ3v) is 4.55. The summed E-state index contributed by atoms with van der Waals surface area (Å²) in [7, 11) is -2.43. The molecule has 1 rings (SSSR count). The lowest BCUT2D eigenvalue weighted by Crippen LogP contribution is -2.33. The van der Waals surface area contributed by atoms with Crippen molar-refractivity contribution < 1.29 is 23.1 Å². The van der Waals surface area contributed by atoms with Crippen molar-refractivity contribution in [1.82, 2.24) is 4.31 Å². The summed E-state index contributed by atoms with van der Waals surface area (Å²) in [6, 6.07) is 5.88. The number of ether oxygens (including phenoxy) is 1. The van der Waals surface area contributed by atoms with Crippen molar-refractivity contribution >= 4 is 16.0 Å². The zero-order valence-corrected chi connectivity index (χ0v) is 12.6. The fraction of sp³-hybridized carbons (Fsp3) is 0.462. The van der Waals surface area contributed by atoms with Crippen molar-refractivity contribution in [1.29, 1.82) is 0 Å². The highest BCUT2D eigenvalue weighted by Crippen LogP contribution is 2.18. The van der Waals surface area contributed by atoms with Gasteiger partial charge in [-0.25, -0.2) is 8.42 Å². The summed E-state index contributed by atoms with van der Waals surface area (Å²) in [5.74, 6) is -0.598. The molecule has 0 aliphatic heterocycles. The number of hydrogen-bond acceptors (Lipinski definition) is 5. The van der Waals surface area contributed by atoms with Gasteiger partial charge in [-0.15, -0.1) is 0 Å². The van der Waals surface area contributed by atoms with E-state index in [0.717, 1.165) is 4.31 Å². The number of carbonyl (C=O) groups is 1. The van der Waals surface area contributed by atoms with Crippen molar-refractivity contribution in [3.05, 3.63) is 29.8 Å². The lowest BCUT2D eigenvalue weighted by atomic mass is 10.1. The van der Waals surface area contributed by atoms with E-state index < -0.39 is 22.1 Å². The summed E-state index contributed by atoms with van der Waals surface area (Å²) in [5, 5.41) is 9.38. The monoisotopic (exact) mass is 301 g/mol. The van der Waals surface area contributed by atoms with Gasteiger partial charge in [0.05, 0.1) is 17.6 Å². The quantitative estimate of drug-likeness (QED) is 0.790. The molecular weight excluding hydrogens is 282 g/mol. The Balaban J connectivity index is 2.89. The first kappa shape index (κ1) is 16.6. The highest BCUT2D eigenvalue weighted by molar-refractivity contribution is 7.89. The zero-order valence-electron chi connectivity index (χ0n) is 11.7. The van der Waals surface area contributed by atoms with Crippen LogP contribution in [0.3, 0.4) is 0 Å². The summed E-state index contributed by atoms with van der Waals surface area (Å²) >= 11 is 0. The number of nitrogens with zero attached hydrogens (tertiary/aromatic N) is 1. The topological polar surface area (TPSA) is 83.9 Å². The van der Waals surface area contributed by atoms with Crippen LogP contribution in [0, 0.1) is 0 Å². The average Bonchev–Trinajstić information content (AvgIpc) is 2.38. The summed E-state index contributed by atoms with van der Waals surface area (Å²) in [4.78, 5) is 11.4. The van der Waals surface area contributed by atoms with Crippen LogP contribution in [0.4, 0.5) is 0 Å². The molecule has 0 aliphatic rings. The number of hydrogen-bond donors (Lipinski definition) is 1. The second-order valence-electron chi connectivity index (χ2n) is 4.31. The lowest BCUT2D eigenvalue weighted by Gasteiger charge is -2.16. The maximum absolute atomic E-state index is 12.2. The predicted octanol–water partition coefficient (Wildman–Crippen LogP) is 0.923. The fourth-order valence-corrected chi connectivity index (χ4v) is 2.69. The van der Waals surface area contributed by atoms with E-state index in [4.69, 9.17) is 4.74 Å². The van der Waals surface area contributed by atoms with Gasteiger partial charge in [-0.2, -0.15) is 4.31 Å². The minimum Gasteiger partial charge on any atom is -0.465 e. The van der Waals surface area contributed by atoms with Crippen LogP contribution in [0.1, 0.15) is 25.5 Å². The molecule has 0 saturated carbocycles. The number of carbonyl (C=O) groups excluding carboxylic acids is 1. The fourth-order valence-electron chi connectivity index (χ4n) is 1.57. The van der Waals surface area contributed by atoms with E-state index in [2.05, 4.69) is 0 Å². The number of aliphatic hydroxyl groups excluding tert-OH is 1. The Morgan fingerprint density at radius 3 is 2.35 bits per heavy atom. The number of benzene rings is 1. The summed E-state index contributed by atoms with van der Waals surface area (Å²) in [6.45, 7) is 3.11. The van der Waals surface area contributed by atoms with Crippen LogP contribution in [0.25, 0.3) is 0 Å². The Morgan fingerprint density at radius 2 is 1.90 bits per heavy atom. The number of likely N-dealkylation sites (N-methyl/N-ethyl adjacent to an activating group) is 1. The Bertz CT molecular complexity index is 551.